The van der Waals surface area contributed by atoms with E-state index in [2.05, 4.69) is 59.9 Å². The monoisotopic (exact) mass is 358 g/mol. The zero-order valence-electron chi connectivity index (χ0n) is 5.52. The molecule has 1 unspecified atom stereocenters. The maximum Gasteiger partial charge on any atom is 0.154 e. The number of hydrogen-bond donors (Lipinski definition) is 0. The topological polar surface area (TPSA) is 0 Å². The summed E-state index contributed by atoms with van der Waals surface area (Å²) in [6, 6.07) is 10.3. The number of rotatable bonds is 1. The van der Waals surface area contributed by atoms with Crippen molar-refractivity contribution in [1.82, 2.24) is 0 Å². The van der Waals surface area contributed by atoms with Gasteiger partial charge in [0.05, 0.1) is 0 Å². The summed E-state index contributed by atoms with van der Waals surface area (Å²) in [5, 5.41) is 1.32. The molecule has 0 aliphatic carbocycles. The smallest absolute Gasteiger partial charge is 0.0622 e. The van der Waals surface area contributed by atoms with Gasteiger partial charge in [0.25, 0.3) is 0 Å². The molecule has 0 aliphatic rings. The molecular formula is C7H6Br3P. The van der Waals surface area contributed by atoms with Crippen LogP contribution in [0.4, 0.5) is 0 Å². The summed E-state index contributed by atoms with van der Waals surface area (Å²) < 4.78 is -0.131. The molecule has 0 nitrogen and oxygen atoms in total. The molecule has 0 amide bonds. The minimum Gasteiger partial charge on any atom is -0.0622 e. The van der Waals surface area contributed by atoms with Crippen molar-refractivity contribution in [2.24, 2.45) is 0 Å². The zero-order chi connectivity index (χ0) is 8.32. The quantitative estimate of drug-likeness (QED) is 0.528. The first-order valence-electron chi connectivity index (χ1n) is 2.98. The number of alkyl halides is 3. The molecule has 11 heavy (non-hydrogen) atoms. The van der Waals surface area contributed by atoms with Crippen LogP contribution in [0.5, 0.6) is 0 Å². The molecule has 0 spiro atoms. The second kappa shape index (κ2) is 4.36. The van der Waals surface area contributed by atoms with E-state index in [-0.39, 0.29) is 1.88 Å². The molecule has 0 radical (unpaired) electrons. The Kier molecular flexibility index (Phi) is 4.03. The van der Waals surface area contributed by atoms with E-state index in [1.807, 2.05) is 18.2 Å². The first-order valence-corrected chi connectivity index (χ1v) is 6.36. The summed E-state index contributed by atoms with van der Waals surface area (Å²) in [5.41, 5.74) is 0. The second-order valence-electron chi connectivity index (χ2n) is 1.99. The lowest BCUT2D eigenvalue weighted by Gasteiger charge is -2.11. The van der Waals surface area contributed by atoms with Gasteiger partial charge in [0, 0.05) is 0 Å². The fourth-order valence-electron chi connectivity index (χ4n) is 0.685. The molecule has 1 aromatic rings. The van der Waals surface area contributed by atoms with Crippen molar-refractivity contribution in [1.29, 1.82) is 0 Å². The Morgan fingerprint density at radius 1 is 1.00 bits per heavy atom. The predicted octanol–water partition coefficient (Wildman–Crippen LogP) is 3.79. The highest BCUT2D eigenvalue weighted by Gasteiger charge is 2.17. The van der Waals surface area contributed by atoms with Crippen LogP contribution >= 0.6 is 56.4 Å². The highest BCUT2D eigenvalue weighted by Crippen LogP contribution is 2.48. The normalized spacial score (nSPS) is 12.6. The zero-order valence-corrected chi connectivity index (χ0v) is 11.3. The van der Waals surface area contributed by atoms with Crippen LogP contribution in [0.1, 0.15) is 0 Å². The van der Waals surface area contributed by atoms with E-state index in [0.717, 1.165) is 0 Å². The van der Waals surface area contributed by atoms with Crippen LogP contribution in [0.15, 0.2) is 30.3 Å². The van der Waals surface area contributed by atoms with Crippen molar-refractivity contribution in [3.8, 4) is 0 Å². The first-order chi connectivity index (χ1) is 5.08. The maximum atomic E-state index is 3.46. The Hall–Kier alpha value is 1.09. The Balaban J connectivity index is 2.66. The van der Waals surface area contributed by atoms with Gasteiger partial charge >= 0.3 is 0 Å². The van der Waals surface area contributed by atoms with Gasteiger partial charge in [-0.3, -0.25) is 0 Å². The molecule has 0 aromatic heterocycles. The lowest BCUT2D eigenvalue weighted by Crippen LogP contribution is -1.99. The third kappa shape index (κ3) is 4.62. The molecule has 0 saturated heterocycles. The van der Waals surface area contributed by atoms with Gasteiger partial charge in [-0.15, -0.1) is 0 Å². The van der Waals surface area contributed by atoms with Crippen LogP contribution in [0.25, 0.3) is 0 Å². The van der Waals surface area contributed by atoms with E-state index in [0.29, 0.717) is 8.58 Å². The van der Waals surface area contributed by atoms with Gasteiger partial charge in [-0.05, 0) is 13.9 Å². The standard InChI is InChI=1S/C7H6Br3P/c8-7(9,10)11-6-4-2-1-3-5-6/h1-5,11H. The van der Waals surface area contributed by atoms with E-state index >= 15 is 0 Å². The van der Waals surface area contributed by atoms with Crippen molar-refractivity contribution in [3.05, 3.63) is 30.3 Å². The van der Waals surface area contributed by atoms with Crippen LogP contribution in [-0.2, 0) is 0 Å². The fourth-order valence-corrected chi connectivity index (χ4v) is 3.43. The minimum absolute atomic E-state index is 0.131. The summed E-state index contributed by atoms with van der Waals surface area (Å²) in [6.07, 6.45) is 0. The first kappa shape index (κ1) is 10.2. The summed E-state index contributed by atoms with van der Waals surface area (Å²) in [6.45, 7) is 0. The molecule has 0 fully saturated rings. The Morgan fingerprint density at radius 3 is 2.00 bits per heavy atom. The van der Waals surface area contributed by atoms with Crippen LogP contribution in [0.3, 0.4) is 0 Å². The molecule has 0 heterocycles. The van der Waals surface area contributed by atoms with Crippen LogP contribution in [-0.4, -0.2) is 1.88 Å². The van der Waals surface area contributed by atoms with Gasteiger partial charge < -0.3 is 0 Å². The molecule has 60 valence electrons. The Bertz CT molecular complexity index is 217. The lowest BCUT2D eigenvalue weighted by molar-refractivity contribution is 1.77. The van der Waals surface area contributed by atoms with Crippen molar-refractivity contribution in [3.63, 3.8) is 0 Å². The molecule has 0 saturated carbocycles. The molecule has 0 aliphatic heterocycles. The molecular weight excluding hydrogens is 355 g/mol. The van der Waals surface area contributed by atoms with E-state index < -0.39 is 0 Å². The van der Waals surface area contributed by atoms with Crippen molar-refractivity contribution in [2.45, 2.75) is 1.88 Å². The summed E-state index contributed by atoms with van der Waals surface area (Å²) in [7, 11) is 0.664. The van der Waals surface area contributed by atoms with Gasteiger partial charge in [-0.25, -0.2) is 0 Å². The molecule has 4 heteroatoms. The average molecular weight is 361 g/mol. The Labute approximate surface area is 93.3 Å². The SMILES string of the molecule is BrC(Br)(Br)Pc1ccccc1. The lowest BCUT2D eigenvalue weighted by atomic mass is 10.4. The van der Waals surface area contributed by atoms with Crippen LogP contribution in [0, 0.1) is 0 Å². The molecule has 1 atom stereocenters. The third-order valence-corrected chi connectivity index (χ3v) is 3.75. The minimum atomic E-state index is -0.131. The largest absolute Gasteiger partial charge is 0.154 e. The van der Waals surface area contributed by atoms with Crippen molar-refractivity contribution < 1.29 is 0 Å². The fraction of sp³-hybridized carbons (Fsp3) is 0.143. The summed E-state index contributed by atoms with van der Waals surface area (Å²) in [4.78, 5) is 0. The molecule has 1 aromatic carbocycles. The maximum absolute atomic E-state index is 3.46. The van der Waals surface area contributed by atoms with E-state index in [1.165, 1.54) is 5.30 Å². The van der Waals surface area contributed by atoms with Gasteiger partial charge in [0.15, 0.2) is 1.88 Å². The van der Waals surface area contributed by atoms with Crippen molar-refractivity contribution in [2.75, 3.05) is 0 Å². The number of benzene rings is 1. The highest BCUT2D eigenvalue weighted by atomic mass is 80.0. The van der Waals surface area contributed by atoms with E-state index in [9.17, 15) is 0 Å². The number of halogens is 3. The summed E-state index contributed by atoms with van der Waals surface area (Å²) in [5.74, 6) is 0. The average Bonchev–Trinajstić information content (AvgIpc) is 1.85. The van der Waals surface area contributed by atoms with Gasteiger partial charge in [-0.1, -0.05) is 78.1 Å². The summed E-state index contributed by atoms with van der Waals surface area (Å²) >= 11 is 10.4. The van der Waals surface area contributed by atoms with E-state index in [4.69, 9.17) is 0 Å². The molecule has 1 rings (SSSR count). The van der Waals surface area contributed by atoms with E-state index in [1.54, 1.807) is 0 Å². The molecule has 0 N–H and O–H groups in total. The predicted molar refractivity (Wildman–Crippen MR) is 63.9 cm³/mol. The van der Waals surface area contributed by atoms with Crippen LogP contribution in [0.2, 0.25) is 0 Å². The van der Waals surface area contributed by atoms with Crippen LogP contribution < -0.4 is 5.30 Å². The Morgan fingerprint density at radius 2 is 1.55 bits per heavy atom. The molecule has 0 bridgehead atoms. The number of hydrogen-bond acceptors (Lipinski definition) is 0. The highest BCUT2D eigenvalue weighted by molar-refractivity contribution is 9.41. The van der Waals surface area contributed by atoms with Crippen molar-refractivity contribution >= 4 is 61.7 Å². The van der Waals surface area contributed by atoms with Gasteiger partial charge in [0.2, 0.25) is 0 Å². The van der Waals surface area contributed by atoms with Gasteiger partial charge in [-0.2, -0.15) is 0 Å². The third-order valence-electron chi connectivity index (χ3n) is 1.06. The second-order valence-corrected chi connectivity index (χ2v) is 12.5. The van der Waals surface area contributed by atoms with Gasteiger partial charge in [0.1, 0.15) is 0 Å².